The van der Waals surface area contributed by atoms with Crippen molar-refractivity contribution in [2.75, 3.05) is 55.9 Å². The van der Waals surface area contributed by atoms with Gasteiger partial charge in [0, 0.05) is 55.8 Å². The molecule has 0 aromatic heterocycles. The van der Waals surface area contributed by atoms with Gasteiger partial charge in [0.15, 0.2) is 0 Å². The van der Waals surface area contributed by atoms with E-state index in [2.05, 4.69) is 21.3 Å². The summed E-state index contributed by atoms with van der Waals surface area (Å²) >= 11 is 0. The number of carbonyl (C=O) groups excluding carboxylic acids is 11. The number of likely N-dealkylation sites (N-methyl/N-ethyl adjacent to an activating group) is 7. The number of amides is 11. The Morgan fingerprint density at radius 1 is 0.471 bits per heavy atom. The van der Waals surface area contributed by atoms with E-state index in [1.54, 1.807) is 41.5 Å². The number of carboxylic acid groups (broad SMARTS) is 1. The quantitative estimate of drug-likeness (QED) is 0.122. The van der Waals surface area contributed by atoms with Gasteiger partial charge in [-0.15, -0.1) is 0 Å². The highest BCUT2D eigenvalue weighted by Gasteiger charge is 2.46. The third-order valence-corrected chi connectivity index (χ3v) is 16.4. The first kappa shape index (κ1) is 78.6. The molecule has 1 heterocycles. The number of aliphatic carboxylic acids is 1. The lowest BCUT2D eigenvalue weighted by Crippen LogP contribution is -2.63. The predicted molar refractivity (Wildman–Crippen MR) is 331 cm³/mol. The molecule has 0 aromatic rings. The first-order valence-corrected chi connectivity index (χ1v) is 31.0. The van der Waals surface area contributed by atoms with Gasteiger partial charge < -0.3 is 65.8 Å². The lowest BCUT2D eigenvalue weighted by atomic mass is 9.90. The fraction of sp³-hybridized carbons (Fsp3) is 0.806. The molecule has 1 aliphatic rings. The standard InChI is InChI=1S/C62H111N11O14/c1-24-42-58(83)67(17)32-47(74)68(18)43(28-33(2)3)55(80)66-49(37(10)11)61(86)69(19)44(29-34(4)5)54(79)63-40(15)53(78)64-41(16)57(82)70(20)45(30-35(6)7)59(84)71(21)46(31-36(8)9)60(85)72(22)50(38(12)13)62(87)73(23)51(56(81)65-42)52(77)39(14)26-25-27-48(75)76/h33-46,49-52,77H,24-32H2,1-23H3,(H,63,79)(H,64,78)(H,65,81)(H,66,80)(H,75,76)/t39-,40+,41-,42+,43+,44+,45+,46+,49?,50?,51+,52-/m1/s1. The highest BCUT2D eigenvalue weighted by atomic mass is 16.4. The van der Waals surface area contributed by atoms with Crippen molar-refractivity contribution in [1.29, 1.82) is 0 Å². The molecule has 12 atom stereocenters. The number of hydrogen-bond donors (Lipinski definition) is 6. The zero-order valence-electron chi connectivity index (χ0n) is 56.7. The predicted octanol–water partition coefficient (Wildman–Crippen LogP) is 2.56. The van der Waals surface area contributed by atoms with E-state index >= 15 is 9.59 Å². The fourth-order valence-corrected chi connectivity index (χ4v) is 10.9. The van der Waals surface area contributed by atoms with E-state index < -0.39 is 162 Å². The summed E-state index contributed by atoms with van der Waals surface area (Å²) in [5.74, 6) is -11.6. The van der Waals surface area contributed by atoms with Crippen molar-refractivity contribution in [1.82, 2.24) is 55.6 Å². The highest BCUT2D eigenvalue weighted by Crippen LogP contribution is 2.26. The van der Waals surface area contributed by atoms with Crippen LogP contribution in [-0.2, 0) is 57.5 Å². The SMILES string of the molecule is CC[C@@H]1NC(=O)[C@H]([C@H](O)[C@H](C)CCCC(=O)O)N(C)C(=O)C(C(C)C)N(C)C(=O)[C@H](CC(C)C)N(C)C(=O)[C@H](CC(C)C)N(C)C(=O)[C@@H](C)NC(=O)[C@H](C)NC(=O)[C@H](CC(C)C)N(C)C(=O)C(C(C)C)NC(=O)[C@H](CC(C)C)N(C)C(=O)CN(C)C1=O. The van der Waals surface area contributed by atoms with Crippen molar-refractivity contribution in [2.24, 2.45) is 41.4 Å². The molecular weight excluding hydrogens is 1120 g/mol. The summed E-state index contributed by atoms with van der Waals surface area (Å²) in [6.07, 6.45) is -1.19. The minimum atomic E-state index is -1.73. The van der Waals surface area contributed by atoms with Gasteiger partial charge in [-0.25, -0.2) is 0 Å². The summed E-state index contributed by atoms with van der Waals surface area (Å²) in [7, 11) is 9.68. The van der Waals surface area contributed by atoms with Crippen LogP contribution >= 0.6 is 0 Å². The van der Waals surface area contributed by atoms with Crippen LogP contribution in [0.1, 0.15) is 162 Å². The highest BCUT2D eigenvalue weighted by molar-refractivity contribution is 5.99. The van der Waals surface area contributed by atoms with E-state index in [1.807, 2.05) is 55.4 Å². The van der Waals surface area contributed by atoms with Crippen LogP contribution in [0.3, 0.4) is 0 Å². The summed E-state index contributed by atoms with van der Waals surface area (Å²) in [5, 5.41) is 32.4. The second-order valence-corrected chi connectivity index (χ2v) is 26.6. The van der Waals surface area contributed by atoms with Gasteiger partial charge in [-0.05, 0) is 100 Å². The van der Waals surface area contributed by atoms with Crippen molar-refractivity contribution < 1.29 is 67.7 Å². The minimum absolute atomic E-state index is 0.0326. The summed E-state index contributed by atoms with van der Waals surface area (Å²) < 4.78 is 0. The summed E-state index contributed by atoms with van der Waals surface area (Å²) in [6.45, 7) is 27.0. The van der Waals surface area contributed by atoms with E-state index in [-0.39, 0.29) is 75.0 Å². The Morgan fingerprint density at radius 3 is 1.33 bits per heavy atom. The van der Waals surface area contributed by atoms with E-state index in [0.29, 0.717) is 0 Å². The largest absolute Gasteiger partial charge is 0.481 e. The lowest BCUT2D eigenvalue weighted by molar-refractivity contribution is -0.157. The van der Waals surface area contributed by atoms with Crippen LogP contribution in [0.5, 0.6) is 0 Å². The molecule has 0 aromatic carbocycles. The average Bonchev–Trinajstić information content (AvgIpc) is 1.19. The molecule has 0 radical (unpaired) electrons. The maximum atomic E-state index is 15.2. The molecule has 0 saturated carbocycles. The van der Waals surface area contributed by atoms with Gasteiger partial charge in [-0.2, -0.15) is 0 Å². The van der Waals surface area contributed by atoms with Crippen LogP contribution in [-0.4, -0.2) is 238 Å². The van der Waals surface area contributed by atoms with E-state index in [0.717, 1.165) is 9.80 Å². The van der Waals surface area contributed by atoms with E-state index in [4.69, 9.17) is 0 Å². The normalized spacial score (nSPS) is 26.4. The zero-order chi connectivity index (χ0) is 67.6. The lowest BCUT2D eigenvalue weighted by Gasteiger charge is -2.41. The first-order valence-electron chi connectivity index (χ1n) is 31.0. The molecule has 1 saturated heterocycles. The Balaban J connectivity index is 4.34. The van der Waals surface area contributed by atoms with Crippen molar-refractivity contribution >= 4 is 70.9 Å². The third-order valence-electron chi connectivity index (χ3n) is 16.4. The molecule has 0 aliphatic carbocycles. The molecule has 6 N–H and O–H groups in total. The second-order valence-electron chi connectivity index (χ2n) is 26.6. The van der Waals surface area contributed by atoms with Crippen LogP contribution in [0.4, 0.5) is 0 Å². The number of nitrogens with zero attached hydrogens (tertiary/aromatic N) is 7. The van der Waals surface area contributed by atoms with Gasteiger partial charge in [0.05, 0.1) is 12.6 Å². The summed E-state index contributed by atoms with van der Waals surface area (Å²) in [5.41, 5.74) is 0. The number of nitrogens with one attached hydrogen (secondary N) is 4. The van der Waals surface area contributed by atoms with Crippen LogP contribution in [0.15, 0.2) is 0 Å². The molecule has 498 valence electrons. The number of carbonyl (C=O) groups is 12. The van der Waals surface area contributed by atoms with Crippen LogP contribution in [0, 0.1) is 41.4 Å². The van der Waals surface area contributed by atoms with Crippen molar-refractivity contribution in [3.05, 3.63) is 0 Å². The molecule has 1 fully saturated rings. The molecule has 0 spiro atoms. The van der Waals surface area contributed by atoms with Crippen LogP contribution in [0.25, 0.3) is 0 Å². The number of rotatable bonds is 17. The number of carboxylic acids is 1. The molecule has 25 nitrogen and oxygen atoms in total. The number of hydrogen-bond acceptors (Lipinski definition) is 13. The molecule has 1 aliphatic heterocycles. The molecule has 1 rings (SSSR count). The maximum absolute atomic E-state index is 15.2. The smallest absolute Gasteiger partial charge is 0.303 e. The Labute approximate surface area is 518 Å². The van der Waals surface area contributed by atoms with Gasteiger partial charge in [0.1, 0.15) is 60.4 Å². The first-order chi connectivity index (χ1) is 40.1. The van der Waals surface area contributed by atoms with E-state index in [9.17, 15) is 58.2 Å². The third kappa shape index (κ3) is 22.6. The monoisotopic (exact) mass is 1230 g/mol. The maximum Gasteiger partial charge on any atom is 0.303 e. The number of aliphatic hydroxyl groups is 1. The molecular formula is C62H111N11O14. The van der Waals surface area contributed by atoms with Gasteiger partial charge in [0.25, 0.3) is 0 Å². The summed E-state index contributed by atoms with van der Waals surface area (Å²) in [6, 6.07) is -12.8. The Hall–Kier alpha value is -6.40. The zero-order valence-corrected chi connectivity index (χ0v) is 56.7. The Morgan fingerprint density at radius 2 is 0.885 bits per heavy atom. The van der Waals surface area contributed by atoms with Crippen LogP contribution in [0.2, 0.25) is 0 Å². The second kappa shape index (κ2) is 35.6. The van der Waals surface area contributed by atoms with Gasteiger partial charge in [0.2, 0.25) is 65.0 Å². The molecule has 0 bridgehead atoms. The van der Waals surface area contributed by atoms with Gasteiger partial charge in [-0.3, -0.25) is 57.5 Å². The number of aliphatic hydroxyl groups excluding tert-OH is 1. The topological polar surface area (TPSA) is 316 Å². The minimum Gasteiger partial charge on any atom is -0.481 e. The van der Waals surface area contributed by atoms with Crippen molar-refractivity contribution in [3.63, 3.8) is 0 Å². The fourth-order valence-electron chi connectivity index (χ4n) is 10.9. The molecule has 87 heavy (non-hydrogen) atoms. The average molecular weight is 1230 g/mol. The van der Waals surface area contributed by atoms with Crippen LogP contribution < -0.4 is 21.3 Å². The van der Waals surface area contributed by atoms with Gasteiger partial charge in [-0.1, -0.05) is 96.9 Å². The van der Waals surface area contributed by atoms with Crippen molar-refractivity contribution in [3.8, 4) is 0 Å². The summed E-state index contributed by atoms with van der Waals surface area (Å²) in [4.78, 5) is 180. The molecule has 2 unspecified atom stereocenters. The Bertz CT molecular complexity index is 2380. The van der Waals surface area contributed by atoms with E-state index in [1.165, 1.54) is 87.7 Å². The molecule has 11 amide bonds. The van der Waals surface area contributed by atoms with Crippen molar-refractivity contribution in [2.45, 2.75) is 229 Å². The van der Waals surface area contributed by atoms with Gasteiger partial charge >= 0.3 is 5.97 Å². The molecule has 25 heteroatoms. The Kier molecular flexibility index (Phi) is 32.1.